The largest absolute Gasteiger partial charge is 0.399 e. The summed E-state index contributed by atoms with van der Waals surface area (Å²) in [5.41, 5.74) is 14.1. The molecule has 6 heteroatoms. The first-order valence-electron chi connectivity index (χ1n) is 14.0. The number of nitrogens with two attached hydrogens (primary N) is 1. The fourth-order valence-corrected chi connectivity index (χ4v) is 8.68. The number of fused-ring (bicyclic) bond motifs is 8. The highest BCUT2D eigenvalue weighted by Crippen LogP contribution is 2.53. The van der Waals surface area contributed by atoms with Crippen LogP contribution in [0.4, 0.5) is 17.1 Å². The molecule has 5 aromatic carbocycles. The van der Waals surface area contributed by atoms with E-state index in [9.17, 15) is 0 Å². The lowest BCUT2D eigenvalue weighted by Crippen LogP contribution is -2.23. The Balaban J connectivity index is 1.68. The van der Waals surface area contributed by atoms with Gasteiger partial charge in [0.2, 0.25) is 0 Å². The molecule has 40 heavy (non-hydrogen) atoms. The van der Waals surface area contributed by atoms with Gasteiger partial charge in [0.05, 0.1) is 22.2 Å². The van der Waals surface area contributed by atoms with E-state index in [1.165, 1.54) is 26.1 Å². The molecular formula is C34H32N4S2. The molecule has 0 bridgehead atoms. The molecule has 0 fully saturated rings. The van der Waals surface area contributed by atoms with Gasteiger partial charge >= 0.3 is 0 Å². The molecule has 0 amide bonds. The fraction of sp³-hybridized carbons (Fsp3) is 0.235. The number of anilines is 3. The predicted molar refractivity (Wildman–Crippen MR) is 176 cm³/mol. The number of nitrogen functional groups attached to an aromatic ring is 1. The Labute approximate surface area is 243 Å². The van der Waals surface area contributed by atoms with Crippen molar-refractivity contribution in [2.75, 3.05) is 22.6 Å². The molecule has 6 aromatic rings. The summed E-state index contributed by atoms with van der Waals surface area (Å²) in [6.07, 6.45) is 2.08. The topological polar surface area (TPSA) is 63.8 Å². The van der Waals surface area contributed by atoms with Crippen LogP contribution >= 0.6 is 23.5 Å². The van der Waals surface area contributed by atoms with Crippen LogP contribution in [-0.2, 0) is 5.41 Å². The molecule has 0 saturated carbocycles. The van der Waals surface area contributed by atoms with E-state index in [2.05, 4.69) is 74.6 Å². The van der Waals surface area contributed by atoms with Crippen LogP contribution in [0.2, 0.25) is 0 Å². The Morgan fingerprint density at radius 3 is 1.80 bits per heavy atom. The molecule has 0 unspecified atom stereocenters. The molecule has 0 aliphatic carbocycles. The van der Waals surface area contributed by atoms with E-state index in [4.69, 9.17) is 15.7 Å². The van der Waals surface area contributed by atoms with E-state index in [0.717, 1.165) is 74.2 Å². The highest BCUT2D eigenvalue weighted by Gasteiger charge is 2.34. The molecular weight excluding hydrogens is 529 g/mol. The molecule has 0 radical (unpaired) electrons. The van der Waals surface area contributed by atoms with Crippen molar-refractivity contribution in [1.82, 2.24) is 9.97 Å². The van der Waals surface area contributed by atoms with Gasteiger partial charge < -0.3 is 11.1 Å². The summed E-state index contributed by atoms with van der Waals surface area (Å²) >= 11 is 3.92. The van der Waals surface area contributed by atoms with Gasteiger partial charge in [-0.3, -0.25) is 0 Å². The number of nitrogens with zero attached hydrogens (tertiary/aromatic N) is 2. The lowest BCUT2D eigenvalue weighted by atomic mass is 9.77. The van der Waals surface area contributed by atoms with Gasteiger partial charge in [0, 0.05) is 49.0 Å². The molecule has 0 atom stereocenters. The maximum absolute atomic E-state index is 6.02. The number of benzene rings is 5. The number of hydrogen-bond acceptors (Lipinski definition) is 6. The summed E-state index contributed by atoms with van der Waals surface area (Å²) < 4.78 is 0. The zero-order valence-corrected chi connectivity index (χ0v) is 24.7. The second kappa shape index (κ2) is 9.86. The second-order valence-corrected chi connectivity index (χ2v) is 13.0. The summed E-state index contributed by atoms with van der Waals surface area (Å²) in [5.74, 6) is 2.16. The lowest BCUT2D eigenvalue weighted by Gasteiger charge is -2.34. The van der Waals surface area contributed by atoms with Gasteiger partial charge in [0.25, 0.3) is 0 Å². The molecule has 3 N–H and O–H groups in total. The minimum atomic E-state index is -0.0119. The monoisotopic (exact) mass is 560 g/mol. The first-order valence-corrected chi connectivity index (χ1v) is 16.0. The van der Waals surface area contributed by atoms with Crippen molar-refractivity contribution in [3.05, 3.63) is 78.4 Å². The number of aromatic nitrogens is 2. The highest BCUT2D eigenvalue weighted by atomic mass is 32.2. The zero-order chi connectivity index (χ0) is 27.4. The molecule has 200 valence electrons. The van der Waals surface area contributed by atoms with E-state index >= 15 is 0 Å². The number of thioether (sulfide) groups is 2. The maximum atomic E-state index is 6.02. The molecule has 2 heterocycles. The van der Waals surface area contributed by atoms with Crippen LogP contribution in [-0.4, -0.2) is 21.5 Å². The van der Waals surface area contributed by atoms with Crippen LogP contribution in [0.5, 0.6) is 0 Å². The molecule has 0 spiro atoms. The van der Waals surface area contributed by atoms with Crippen LogP contribution in [0.15, 0.2) is 82.6 Å². The first-order chi connectivity index (χ1) is 19.5. The molecule has 0 saturated heterocycles. The molecule has 1 aliphatic rings. The summed E-state index contributed by atoms with van der Waals surface area (Å²) in [6, 6.07) is 25.2. The Morgan fingerprint density at radius 2 is 1.23 bits per heavy atom. The standard InChI is InChI=1S/C34H32N4S2/c1-4-34(3,5-2)26-29-30(31(33-32(26)39-18-19-40-33)36-21-16-14-20(35)15-17-21)38-28-25-13-9-7-11-23(25)22-10-6-8-12-24(22)27(28)37-29/h6-17,36H,4-5,18-19,35H2,1-3H3. The zero-order valence-electron chi connectivity index (χ0n) is 23.0. The van der Waals surface area contributed by atoms with Gasteiger partial charge in [-0.05, 0) is 53.3 Å². The van der Waals surface area contributed by atoms with E-state index in [1.807, 2.05) is 47.8 Å². The Morgan fingerprint density at radius 1 is 0.700 bits per heavy atom. The molecule has 4 nitrogen and oxygen atoms in total. The van der Waals surface area contributed by atoms with E-state index in [-0.39, 0.29) is 5.41 Å². The van der Waals surface area contributed by atoms with Crippen molar-refractivity contribution in [3.8, 4) is 0 Å². The third-order valence-corrected chi connectivity index (χ3v) is 11.2. The van der Waals surface area contributed by atoms with Crippen LogP contribution in [0.3, 0.4) is 0 Å². The van der Waals surface area contributed by atoms with Crippen LogP contribution in [0, 0.1) is 0 Å². The van der Waals surface area contributed by atoms with Crippen LogP contribution in [0.25, 0.3) is 43.6 Å². The van der Waals surface area contributed by atoms with Crippen molar-refractivity contribution in [1.29, 1.82) is 0 Å². The van der Waals surface area contributed by atoms with Gasteiger partial charge in [-0.25, -0.2) is 9.97 Å². The lowest BCUT2D eigenvalue weighted by molar-refractivity contribution is 0.433. The molecule has 7 rings (SSSR count). The summed E-state index contributed by atoms with van der Waals surface area (Å²) in [5, 5.41) is 8.50. The fourth-order valence-electron chi connectivity index (χ4n) is 6.00. The number of rotatable bonds is 5. The predicted octanol–water partition coefficient (Wildman–Crippen LogP) is 9.69. The minimum absolute atomic E-state index is 0.0119. The Bertz CT molecular complexity index is 1930. The van der Waals surface area contributed by atoms with Crippen LogP contribution in [0.1, 0.15) is 39.2 Å². The summed E-state index contributed by atoms with van der Waals surface area (Å²) in [4.78, 5) is 13.8. The van der Waals surface area contributed by atoms with Gasteiger partial charge in [-0.2, -0.15) is 0 Å². The molecule has 1 aliphatic heterocycles. The third kappa shape index (κ3) is 3.92. The average molecular weight is 561 g/mol. The van der Waals surface area contributed by atoms with Crippen molar-refractivity contribution >= 4 is 84.2 Å². The van der Waals surface area contributed by atoms with Gasteiger partial charge in [-0.1, -0.05) is 69.3 Å². The van der Waals surface area contributed by atoms with Crippen LogP contribution < -0.4 is 11.1 Å². The van der Waals surface area contributed by atoms with Crippen molar-refractivity contribution in [2.24, 2.45) is 0 Å². The summed E-state index contributed by atoms with van der Waals surface area (Å²) in [6.45, 7) is 7.01. The highest BCUT2D eigenvalue weighted by molar-refractivity contribution is 8.05. The number of nitrogens with one attached hydrogen (secondary N) is 1. The van der Waals surface area contributed by atoms with Gasteiger partial charge in [-0.15, -0.1) is 23.5 Å². The third-order valence-electron chi connectivity index (χ3n) is 8.60. The second-order valence-electron chi connectivity index (χ2n) is 10.8. The normalized spacial score (nSPS) is 13.8. The van der Waals surface area contributed by atoms with Crippen molar-refractivity contribution < 1.29 is 0 Å². The Kier molecular flexibility index (Phi) is 6.28. The smallest absolute Gasteiger partial charge is 0.114 e. The van der Waals surface area contributed by atoms with E-state index < -0.39 is 0 Å². The van der Waals surface area contributed by atoms with E-state index in [1.54, 1.807) is 0 Å². The van der Waals surface area contributed by atoms with Crippen molar-refractivity contribution in [2.45, 2.75) is 48.8 Å². The SMILES string of the molecule is CCC(C)(CC)c1c2c(c(Nc3ccc(N)cc3)c3nc4c5ccccc5c5ccccc5c4nc13)SCCS2. The minimum Gasteiger partial charge on any atom is -0.399 e. The summed E-state index contributed by atoms with van der Waals surface area (Å²) in [7, 11) is 0. The quantitative estimate of drug-likeness (QED) is 0.124. The maximum Gasteiger partial charge on any atom is 0.114 e. The van der Waals surface area contributed by atoms with Gasteiger partial charge in [0.15, 0.2) is 0 Å². The first kappa shape index (κ1) is 25.5. The Hall–Kier alpha value is -3.48. The van der Waals surface area contributed by atoms with Crippen molar-refractivity contribution in [3.63, 3.8) is 0 Å². The van der Waals surface area contributed by atoms with E-state index in [0.29, 0.717) is 0 Å². The molecule has 1 aromatic heterocycles. The average Bonchev–Trinajstić information content (AvgIpc) is 3.01. The van der Waals surface area contributed by atoms with Gasteiger partial charge in [0.1, 0.15) is 5.52 Å². The number of hydrogen-bond donors (Lipinski definition) is 2.